The lowest BCUT2D eigenvalue weighted by atomic mass is 9.82. The van der Waals surface area contributed by atoms with Gasteiger partial charge in [-0.25, -0.2) is 43.9 Å². The number of aliphatic hydroxyl groups excluding tert-OH is 4. The van der Waals surface area contributed by atoms with Gasteiger partial charge in [-0.3, -0.25) is 0 Å². The van der Waals surface area contributed by atoms with Crippen LogP contribution in [0.4, 0.5) is 43.9 Å². The second-order valence-corrected chi connectivity index (χ2v) is 42.0. The fourth-order valence-electron chi connectivity index (χ4n) is 12.8. The number of rotatable bonds is 22. The summed E-state index contributed by atoms with van der Waals surface area (Å²) in [5, 5.41) is 37.4. The van der Waals surface area contributed by atoms with Crippen LogP contribution in [-0.4, -0.2) is 64.3 Å². The van der Waals surface area contributed by atoms with Gasteiger partial charge in [0.25, 0.3) is 0 Å². The first-order chi connectivity index (χ1) is 56.8. The third-order valence-electron chi connectivity index (χ3n) is 21.2. The maximum atomic E-state index is 15.6. The van der Waals surface area contributed by atoms with Crippen LogP contribution in [0.25, 0.3) is 55.6 Å². The maximum absolute atomic E-state index is 15.6. The molecule has 4 N–H and O–H groups in total. The molecule has 122 heavy (non-hydrogen) atoms. The lowest BCUT2D eigenvalue weighted by Gasteiger charge is -2.36. The van der Waals surface area contributed by atoms with Crippen molar-refractivity contribution in [2.45, 2.75) is 207 Å². The van der Waals surface area contributed by atoms with Crippen molar-refractivity contribution in [2.75, 3.05) is 35.5 Å². The highest BCUT2D eigenvalue weighted by Gasteiger charge is 2.39. The van der Waals surface area contributed by atoms with Crippen molar-refractivity contribution in [1.29, 1.82) is 0 Å². The van der Waals surface area contributed by atoms with Crippen LogP contribution in [0, 0.1) is 56.2 Å². The molecule has 3 unspecified atom stereocenters. The van der Waals surface area contributed by atoms with E-state index < -0.39 is 95.3 Å². The first-order valence-corrected chi connectivity index (χ1v) is 43.3. The molecule has 0 saturated carbocycles. The average Bonchev–Trinajstić information content (AvgIpc) is 0.804. The zero-order chi connectivity index (χ0) is 91.7. The topological polar surface area (TPSA) is 136 Å². The number of aliphatic hydroxyl groups is 4. The van der Waals surface area contributed by atoms with Crippen LogP contribution in [0.3, 0.4) is 0 Å². The molecule has 0 fully saturated rings. The largest absolute Gasteiger partial charge is 0.497 e. The molecule has 5 atom stereocenters. The molecule has 0 saturated heterocycles. The summed E-state index contributed by atoms with van der Waals surface area (Å²) in [4.78, 5) is 0. The molecule has 0 aliphatic carbocycles. The Balaban J connectivity index is 0.000000237. The number of halogens is 10. The van der Waals surface area contributed by atoms with Crippen molar-refractivity contribution in [2.24, 2.45) is 27.1 Å². The molecule has 0 heterocycles. The predicted octanol–water partition coefficient (Wildman–Crippen LogP) is 28.3. The van der Waals surface area contributed by atoms with Gasteiger partial charge in [0.1, 0.15) is 88.7 Å². The summed E-state index contributed by atoms with van der Waals surface area (Å²) in [5.74, 6) is 0.394. The third kappa shape index (κ3) is 26.5. The molecule has 0 aliphatic heterocycles. The molecule has 0 amide bonds. The Bertz CT molecular complexity index is 4620. The van der Waals surface area contributed by atoms with Crippen LogP contribution in [0.15, 0.2) is 182 Å². The van der Waals surface area contributed by atoms with Gasteiger partial charge in [0.2, 0.25) is 0 Å². The number of methoxy groups -OCH3 is 5. The van der Waals surface area contributed by atoms with E-state index in [1.165, 1.54) is 90.1 Å². The maximum Gasteiger partial charge on any atom is 0.192 e. The van der Waals surface area contributed by atoms with Gasteiger partial charge >= 0.3 is 0 Å². The zero-order valence-electron chi connectivity index (χ0n) is 75.3. The molecule has 10 aromatic rings. The van der Waals surface area contributed by atoms with Crippen molar-refractivity contribution >= 4 is 8.32 Å². The lowest BCUT2D eigenvalue weighted by Crippen LogP contribution is -2.40. The molecular weight excluding hydrogens is 1590 g/mol. The standard InChI is InChI=1S/C25H36F2O2Si.4C19H22F2O2/c1-24(2,3)23(27)21-14-17(16-29-30(8,9)25(4,5)6)10-12-19(21)20-15-18(28-7)11-13-22(20)26;4*1-19(2,3)18(21)16-9-12(11-22)5-7-14(16)15-10-13(23-4)6-8-17(15)20/h10-15,23H,16H2,1-9H3;4*5-10,18,22H,11H2,1-4H3/t;2*18-;;/m.10../s1. The molecule has 21 heteroatoms. The Morgan fingerprint density at radius 1 is 0.254 bits per heavy atom. The fraction of sp³-hybridized carbons (Fsp3) is 0.406. The van der Waals surface area contributed by atoms with Gasteiger partial charge in [-0.05, 0) is 250 Å². The van der Waals surface area contributed by atoms with E-state index in [-0.39, 0.29) is 53.7 Å². The van der Waals surface area contributed by atoms with Crippen LogP contribution in [-0.2, 0) is 37.5 Å². The Morgan fingerprint density at radius 3 is 0.582 bits per heavy atom. The van der Waals surface area contributed by atoms with Crippen molar-refractivity contribution in [3.8, 4) is 84.4 Å². The summed E-state index contributed by atoms with van der Waals surface area (Å²) >= 11 is 0. The van der Waals surface area contributed by atoms with E-state index in [4.69, 9.17) is 28.1 Å². The normalized spacial score (nSPS) is 13.2. The van der Waals surface area contributed by atoms with Gasteiger partial charge in [0.15, 0.2) is 8.32 Å². The van der Waals surface area contributed by atoms with E-state index in [1.54, 1.807) is 198 Å². The molecule has 10 nitrogen and oxygen atoms in total. The number of benzene rings is 10. The minimum absolute atomic E-state index is 0.0908. The van der Waals surface area contributed by atoms with E-state index in [9.17, 15) is 59.9 Å². The summed E-state index contributed by atoms with van der Waals surface area (Å²) in [7, 11) is 5.60. The highest BCUT2D eigenvalue weighted by Crippen LogP contribution is 2.49. The van der Waals surface area contributed by atoms with E-state index in [1.807, 2.05) is 32.9 Å². The van der Waals surface area contributed by atoms with Crippen molar-refractivity contribution in [3.05, 3.63) is 267 Å². The summed E-state index contributed by atoms with van der Waals surface area (Å²) < 4.78 is 179. The van der Waals surface area contributed by atoms with Gasteiger partial charge in [-0.1, -0.05) is 185 Å². The fourth-order valence-corrected chi connectivity index (χ4v) is 13.8. The SMILES string of the molecule is COc1ccc(F)c(-c2ccc(CO)cc2C(F)C(C)(C)C)c1.COc1ccc(F)c(-c2ccc(CO)cc2C(F)C(C)(C)C)c1.COc1ccc(F)c(-c2ccc(CO)cc2[C@@H](F)C(C)(C)C)c1.COc1ccc(F)c(-c2ccc(CO)cc2[C@H](F)C(C)(C)C)c1.COc1ccc(F)c(-c2ccc(CO[Si](C)(C)C(C)(C)C)cc2C(F)C(C)(C)C)c1. The van der Waals surface area contributed by atoms with Crippen LogP contribution < -0.4 is 23.7 Å². The Morgan fingerprint density at radius 2 is 0.426 bits per heavy atom. The van der Waals surface area contributed by atoms with Crippen molar-refractivity contribution in [3.63, 3.8) is 0 Å². The highest BCUT2D eigenvalue weighted by atomic mass is 28.4. The summed E-state index contributed by atoms with van der Waals surface area (Å²) in [6, 6.07) is 47.3. The molecule has 0 aromatic heterocycles. The van der Waals surface area contributed by atoms with Gasteiger partial charge in [-0.15, -0.1) is 0 Å². The van der Waals surface area contributed by atoms with E-state index in [0.29, 0.717) is 119 Å². The first-order valence-electron chi connectivity index (χ1n) is 40.4. The Kier molecular flexibility index (Phi) is 35.5. The number of hydrogen-bond acceptors (Lipinski definition) is 10. The third-order valence-corrected chi connectivity index (χ3v) is 25.7. The highest BCUT2D eigenvalue weighted by molar-refractivity contribution is 6.74. The second-order valence-electron chi connectivity index (χ2n) is 37.2. The molecule has 0 radical (unpaired) electrons. The summed E-state index contributed by atoms with van der Waals surface area (Å²) in [5.41, 5.74) is 5.99. The summed E-state index contributed by atoms with van der Waals surface area (Å²) in [6.07, 6.45) is -6.45. The molecule has 10 rings (SSSR count). The Labute approximate surface area is 717 Å². The van der Waals surface area contributed by atoms with Crippen molar-refractivity contribution in [1.82, 2.24) is 0 Å². The zero-order valence-corrected chi connectivity index (χ0v) is 76.3. The van der Waals surface area contributed by atoms with Gasteiger partial charge < -0.3 is 48.5 Å². The smallest absolute Gasteiger partial charge is 0.192 e. The quantitative estimate of drug-likeness (QED) is 0.0384. The summed E-state index contributed by atoms with van der Waals surface area (Å²) in [6.45, 7) is 37.6. The average molecular weight is 1720 g/mol. The van der Waals surface area contributed by atoms with Gasteiger partial charge in [0.05, 0.1) is 68.6 Å². The molecule has 0 bridgehead atoms. The van der Waals surface area contributed by atoms with Gasteiger partial charge in [-0.2, -0.15) is 0 Å². The second kappa shape index (κ2) is 42.7. The lowest BCUT2D eigenvalue weighted by molar-refractivity contribution is 0.165. The minimum atomic E-state index is -1.94. The number of hydrogen-bond donors (Lipinski definition) is 4. The monoisotopic (exact) mass is 1710 g/mol. The predicted molar refractivity (Wildman–Crippen MR) is 474 cm³/mol. The Hall–Kier alpha value is -9.48. The number of ether oxygens (including phenoxy) is 5. The van der Waals surface area contributed by atoms with E-state index >= 15 is 4.39 Å². The molecular formula is C101H124F10O10Si. The van der Waals surface area contributed by atoms with Crippen LogP contribution in [0.5, 0.6) is 28.7 Å². The number of alkyl halides is 5. The molecule has 0 spiro atoms. The molecule has 662 valence electrons. The molecule has 10 aromatic carbocycles. The van der Waals surface area contributed by atoms with Crippen LogP contribution in [0.1, 0.15) is 211 Å². The minimum Gasteiger partial charge on any atom is -0.497 e. The first kappa shape index (κ1) is 101. The molecule has 0 aliphatic rings. The van der Waals surface area contributed by atoms with E-state index in [2.05, 4.69) is 33.9 Å². The van der Waals surface area contributed by atoms with E-state index in [0.717, 1.165) is 5.56 Å². The van der Waals surface area contributed by atoms with Crippen LogP contribution >= 0.6 is 0 Å². The van der Waals surface area contributed by atoms with Gasteiger partial charge in [0, 0.05) is 27.8 Å². The van der Waals surface area contributed by atoms with Crippen molar-refractivity contribution < 1.29 is 92.4 Å². The van der Waals surface area contributed by atoms with Crippen LogP contribution in [0.2, 0.25) is 18.1 Å².